The van der Waals surface area contributed by atoms with Crippen LogP contribution in [0.2, 0.25) is 0 Å². The summed E-state index contributed by atoms with van der Waals surface area (Å²) in [5, 5.41) is 9.16. The summed E-state index contributed by atoms with van der Waals surface area (Å²) in [5.74, 6) is 0. The van der Waals surface area contributed by atoms with Gasteiger partial charge in [0.25, 0.3) is 0 Å². The smallest absolute Gasteiger partial charge is 0.177 e. The lowest BCUT2D eigenvalue weighted by molar-refractivity contribution is 0.227. The molecule has 3 nitrogen and oxygen atoms in total. The van der Waals surface area contributed by atoms with Gasteiger partial charge in [-0.1, -0.05) is 20.8 Å². The van der Waals surface area contributed by atoms with Crippen molar-refractivity contribution in [3.63, 3.8) is 0 Å². The van der Waals surface area contributed by atoms with Gasteiger partial charge in [0.05, 0.1) is 12.3 Å². The SMILES string of the molecule is CC(n1c(CO)c[nH]c1=S)C(C)(C)C. The van der Waals surface area contributed by atoms with E-state index in [4.69, 9.17) is 17.3 Å². The van der Waals surface area contributed by atoms with Gasteiger partial charge < -0.3 is 14.7 Å². The summed E-state index contributed by atoms with van der Waals surface area (Å²) >= 11 is 5.18. The third kappa shape index (κ3) is 2.07. The Balaban J connectivity index is 3.17. The fourth-order valence-electron chi connectivity index (χ4n) is 1.35. The third-order valence-electron chi connectivity index (χ3n) is 2.69. The molecule has 0 fully saturated rings. The van der Waals surface area contributed by atoms with Crippen molar-refractivity contribution < 1.29 is 5.11 Å². The molecule has 1 heterocycles. The highest BCUT2D eigenvalue weighted by molar-refractivity contribution is 7.71. The summed E-state index contributed by atoms with van der Waals surface area (Å²) in [5.41, 5.74) is 0.974. The number of imidazole rings is 1. The maximum absolute atomic E-state index is 9.16. The number of rotatable bonds is 2. The van der Waals surface area contributed by atoms with Gasteiger partial charge >= 0.3 is 0 Å². The van der Waals surface area contributed by atoms with Gasteiger partial charge in [-0.2, -0.15) is 0 Å². The molecule has 1 unspecified atom stereocenters. The van der Waals surface area contributed by atoms with E-state index >= 15 is 0 Å². The summed E-state index contributed by atoms with van der Waals surface area (Å²) in [6.07, 6.45) is 1.77. The van der Waals surface area contributed by atoms with E-state index in [1.165, 1.54) is 0 Å². The van der Waals surface area contributed by atoms with Crippen molar-refractivity contribution in [3.05, 3.63) is 16.7 Å². The molecule has 0 bridgehead atoms. The van der Waals surface area contributed by atoms with Gasteiger partial charge in [-0.15, -0.1) is 0 Å². The van der Waals surface area contributed by atoms with Crippen LogP contribution >= 0.6 is 12.2 Å². The first-order valence-electron chi connectivity index (χ1n) is 4.77. The second-order valence-corrected chi connectivity index (χ2v) is 5.04. The number of hydrogen-bond donors (Lipinski definition) is 2. The van der Waals surface area contributed by atoms with Crippen molar-refractivity contribution in [2.24, 2.45) is 5.41 Å². The van der Waals surface area contributed by atoms with E-state index in [1.54, 1.807) is 6.20 Å². The van der Waals surface area contributed by atoms with E-state index in [0.717, 1.165) is 5.69 Å². The summed E-state index contributed by atoms with van der Waals surface area (Å²) in [6.45, 7) is 8.62. The summed E-state index contributed by atoms with van der Waals surface area (Å²) in [4.78, 5) is 2.96. The second-order valence-electron chi connectivity index (χ2n) is 4.66. The number of aliphatic hydroxyl groups is 1. The van der Waals surface area contributed by atoms with Crippen molar-refractivity contribution in [1.29, 1.82) is 0 Å². The summed E-state index contributed by atoms with van der Waals surface area (Å²) in [7, 11) is 0. The van der Waals surface area contributed by atoms with Crippen molar-refractivity contribution in [1.82, 2.24) is 9.55 Å². The molecule has 4 heteroatoms. The maximum Gasteiger partial charge on any atom is 0.177 e. The quantitative estimate of drug-likeness (QED) is 0.743. The Morgan fingerprint density at radius 1 is 1.57 bits per heavy atom. The van der Waals surface area contributed by atoms with Gasteiger partial charge in [-0.3, -0.25) is 0 Å². The average Bonchev–Trinajstić information content (AvgIpc) is 2.43. The first-order chi connectivity index (χ1) is 6.38. The lowest BCUT2D eigenvalue weighted by Gasteiger charge is -2.29. The van der Waals surface area contributed by atoms with Crippen LogP contribution in [0.15, 0.2) is 6.20 Å². The Labute approximate surface area is 89.8 Å². The van der Waals surface area contributed by atoms with Gasteiger partial charge in [-0.05, 0) is 24.6 Å². The van der Waals surface area contributed by atoms with Crippen molar-refractivity contribution in [3.8, 4) is 0 Å². The number of H-pyrrole nitrogens is 1. The van der Waals surface area contributed by atoms with Crippen LogP contribution in [0.4, 0.5) is 0 Å². The van der Waals surface area contributed by atoms with Crippen LogP contribution in [-0.4, -0.2) is 14.7 Å². The molecule has 0 saturated carbocycles. The molecule has 0 aliphatic heterocycles. The van der Waals surface area contributed by atoms with Crippen molar-refractivity contribution in [2.75, 3.05) is 0 Å². The van der Waals surface area contributed by atoms with Crippen LogP contribution in [-0.2, 0) is 6.61 Å². The molecule has 14 heavy (non-hydrogen) atoms. The van der Waals surface area contributed by atoms with Gasteiger partial charge in [-0.25, -0.2) is 0 Å². The molecule has 1 rings (SSSR count). The van der Waals surface area contributed by atoms with Crippen molar-refractivity contribution in [2.45, 2.75) is 40.3 Å². The van der Waals surface area contributed by atoms with E-state index in [1.807, 2.05) is 4.57 Å². The Bertz CT molecular complexity index is 359. The molecule has 1 aromatic heterocycles. The molecular formula is C10H18N2OS. The van der Waals surface area contributed by atoms with Crippen LogP contribution in [0, 0.1) is 10.2 Å². The predicted octanol–water partition coefficient (Wildman–Crippen LogP) is 2.65. The Hall–Kier alpha value is -0.610. The molecule has 1 aromatic rings. The molecular weight excluding hydrogens is 196 g/mol. The lowest BCUT2D eigenvalue weighted by Crippen LogP contribution is -2.23. The normalized spacial score (nSPS) is 14.4. The minimum absolute atomic E-state index is 0.0214. The first kappa shape index (κ1) is 11.5. The number of nitrogens with zero attached hydrogens (tertiary/aromatic N) is 1. The molecule has 0 radical (unpaired) electrons. The third-order valence-corrected chi connectivity index (χ3v) is 3.01. The highest BCUT2D eigenvalue weighted by Gasteiger charge is 2.23. The molecule has 1 atom stereocenters. The van der Waals surface area contributed by atoms with E-state index in [-0.39, 0.29) is 18.1 Å². The Kier molecular flexibility index (Phi) is 3.17. The Morgan fingerprint density at radius 3 is 2.57 bits per heavy atom. The summed E-state index contributed by atoms with van der Waals surface area (Å²) < 4.78 is 2.66. The fraction of sp³-hybridized carbons (Fsp3) is 0.700. The van der Waals surface area contributed by atoms with Gasteiger partial charge in [0, 0.05) is 12.2 Å². The molecule has 0 aliphatic carbocycles. The predicted molar refractivity (Wildman–Crippen MR) is 59.7 cm³/mol. The molecule has 80 valence electrons. The zero-order chi connectivity index (χ0) is 10.9. The average molecular weight is 214 g/mol. The Morgan fingerprint density at radius 2 is 2.14 bits per heavy atom. The van der Waals surface area contributed by atoms with E-state index < -0.39 is 0 Å². The number of nitrogens with one attached hydrogen (secondary N) is 1. The second kappa shape index (κ2) is 3.87. The minimum Gasteiger partial charge on any atom is -0.390 e. The summed E-state index contributed by atoms with van der Waals surface area (Å²) in [6, 6.07) is 0.267. The molecule has 0 aliphatic rings. The number of aliphatic hydroxyl groups excluding tert-OH is 1. The maximum atomic E-state index is 9.16. The zero-order valence-corrected chi connectivity index (χ0v) is 9.98. The van der Waals surface area contributed by atoms with Gasteiger partial charge in [0.15, 0.2) is 4.77 Å². The molecule has 0 saturated heterocycles. The van der Waals surface area contributed by atoms with Crippen molar-refractivity contribution >= 4 is 12.2 Å². The lowest BCUT2D eigenvalue weighted by atomic mass is 9.88. The molecule has 2 N–H and O–H groups in total. The largest absolute Gasteiger partial charge is 0.390 e. The molecule has 0 aromatic carbocycles. The number of aromatic nitrogens is 2. The van der Waals surface area contributed by atoms with Crippen LogP contribution in [0.5, 0.6) is 0 Å². The monoisotopic (exact) mass is 214 g/mol. The minimum atomic E-state index is 0.0214. The highest BCUT2D eigenvalue weighted by atomic mass is 32.1. The van der Waals surface area contributed by atoms with Crippen LogP contribution in [0.3, 0.4) is 0 Å². The van der Waals surface area contributed by atoms with E-state index in [9.17, 15) is 0 Å². The van der Waals surface area contributed by atoms with Crippen LogP contribution in [0.1, 0.15) is 39.4 Å². The van der Waals surface area contributed by atoms with Crippen LogP contribution < -0.4 is 0 Å². The van der Waals surface area contributed by atoms with E-state index in [2.05, 4.69) is 32.7 Å². The fourth-order valence-corrected chi connectivity index (χ4v) is 1.68. The zero-order valence-electron chi connectivity index (χ0n) is 9.16. The van der Waals surface area contributed by atoms with E-state index in [0.29, 0.717) is 4.77 Å². The number of aromatic amines is 1. The molecule has 0 amide bonds. The molecule has 0 spiro atoms. The number of hydrogen-bond acceptors (Lipinski definition) is 2. The van der Waals surface area contributed by atoms with Gasteiger partial charge in [0.2, 0.25) is 0 Å². The van der Waals surface area contributed by atoms with Crippen LogP contribution in [0.25, 0.3) is 0 Å². The standard InChI is InChI=1S/C10H18N2OS/c1-7(10(2,3)4)12-8(6-13)5-11-9(12)14/h5,7,13H,6H2,1-4H3,(H,11,14). The first-order valence-corrected chi connectivity index (χ1v) is 5.18. The topological polar surface area (TPSA) is 41.0 Å². The van der Waals surface area contributed by atoms with Gasteiger partial charge in [0.1, 0.15) is 0 Å². The highest BCUT2D eigenvalue weighted by Crippen LogP contribution is 2.31.